The van der Waals surface area contributed by atoms with E-state index in [0.29, 0.717) is 17.9 Å². The van der Waals surface area contributed by atoms with Crippen molar-refractivity contribution < 1.29 is 9.47 Å². The lowest BCUT2D eigenvalue weighted by atomic mass is 10.1. The lowest BCUT2D eigenvalue weighted by molar-refractivity contribution is 0.354. The Labute approximate surface area is 153 Å². The fraction of sp³-hybridized carbons (Fsp3) is 0.316. The molecule has 0 aliphatic carbocycles. The minimum absolute atomic E-state index is 0.596. The molecule has 7 nitrogen and oxygen atoms in total. The van der Waals surface area contributed by atoms with Crippen LogP contribution in [0.1, 0.15) is 22.6 Å². The Balaban J connectivity index is 1.81. The highest BCUT2D eigenvalue weighted by Gasteiger charge is 2.11. The van der Waals surface area contributed by atoms with Gasteiger partial charge in [-0.25, -0.2) is 9.97 Å². The third-order valence-corrected chi connectivity index (χ3v) is 4.28. The molecule has 3 aromatic rings. The zero-order valence-corrected chi connectivity index (χ0v) is 15.7. The van der Waals surface area contributed by atoms with Crippen molar-refractivity contribution >= 4 is 11.6 Å². The van der Waals surface area contributed by atoms with Gasteiger partial charge in [-0.2, -0.15) is 5.10 Å². The van der Waals surface area contributed by atoms with E-state index in [-0.39, 0.29) is 0 Å². The van der Waals surface area contributed by atoms with E-state index < -0.39 is 0 Å². The fourth-order valence-corrected chi connectivity index (χ4v) is 2.79. The monoisotopic (exact) mass is 353 g/mol. The Morgan fingerprint density at radius 2 is 1.85 bits per heavy atom. The first kappa shape index (κ1) is 17.7. The summed E-state index contributed by atoms with van der Waals surface area (Å²) >= 11 is 0. The van der Waals surface area contributed by atoms with E-state index >= 15 is 0 Å². The van der Waals surface area contributed by atoms with Crippen molar-refractivity contribution in [1.82, 2.24) is 19.7 Å². The molecule has 136 valence electrons. The molecule has 26 heavy (non-hydrogen) atoms. The van der Waals surface area contributed by atoms with Crippen molar-refractivity contribution in [2.45, 2.75) is 20.3 Å². The SMILES string of the molecule is COc1ccc(Cc2nccc(Nc3c(C)c(C)nn3C)n2)cc1OC. The molecule has 1 N–H and O–H groups in total. The Hall–Kier alpha value is -3.09. The number of nitrogens with zero attached hydrogens (tertiary/aromatic N) is 4. The van der Waals surface area contributed by atoms with Crippen LogP contribution < -0.4 is 14.8 Å². The number of aromatic nitrogens is 4. The molecule has 0 fully saturated rings. The van der Waals surface area contributed by atoms with E-state index in [1.165, 1.54) is 0 Å². The quantitative estimate of drug-likeness (QED) is 0.734. The van der Waals surface area contributed by atoms with Gasteiger partial charge in [0.05, 0.1) is 19.9 Å². The second-order valence-electron chi connectivity index (χ2n) is 6.03. The second-order valence-corrected chi connectivity index (χ2v) is 6.03. The number of ether oxygens (including phenoxy) is 2. The van der Waals surface area contributed by atoms with E-state index in [0.717, 1.165) is 34.3 Å². The van der Waals surface area contributed by atoms with Gasteiger partial charge in [0.2, 0.25) is 0 Å². The van der Waals surface area contributed by atoms with Crippen LogP contribution in [-0.2, 0) is 13.5 Å². The van der Waals surface area contributed by atoms with Crippen LogP contribution in [-0.4, -0.2) is 34.0 Å². The van der Waals surface area contributed by atoms with Crippen LogP contribution in [0.15, 0.2) is 30.5 Å². The zero-order chi connectivity index (χ0) is 18.7. The fourth-order valence-electron chi connectivity index (χ4n) is 2.79. The molecule has 3 rings (SSSR count). The first-order valence-electron chi connectivity index (χ1n) is 8.32. The van der Waals surface area contributed by atoms with Crippen LogP contribution in [0.25, 0.3) is 0 Å². The first-order chi connectivity index (χ1) is 12.5. The van der Waals surface area contributed by atoms with Gasteiger partial charge in [0.25, 0.3) is 0 Å². The number of methoxy groups -OCH3 is 2. The van der Waals surface area contributed by atoms with Crippen LogP contribution in [0.2, 0.25) is 0 Å². The molecule has 0 unspecified atom stereocenters. The molecular weight excluding hydrogens is 330 g/mol. The van der Waals surface area contributed by atoms with Crippen LogP contribution in [0, 0.1) is 13.8 Å². The number of rotatable bonds is 6. The summed E-state index contributed by atoms with van der Waals surface area (Å²) in [5, 5.41) is 7.75. The predicted molar refractivity (Wildman–Crippen MR) is 100 cm³/mol. The van der Waals surface area contributed by atoms with Gasteiger partial charge in [-0.05, 0) is 37.6 Å². The topological polar surface area (TPSA) is 74.1 Å². The summed E-state index contributed by atoms with van der Waals surface area (Å²) in [6.45, 7) is 4.03. The average molecular weight is 353 g/mol. The second kappa shape index (κ2) is 7.43. The molecule has 0 aliphatic heterocycles. The van der Waals surface area contributed by atoms with Crippen molar-refractivity contribution in [1.29, 1.82) is 0 Å². The highest BCUT2D eigenvalue weighted by atomic mass is 16.5. The largest absolute Gasteiger partial charge is 0.493 e. The number of anilines is 2. The first-order valence-corrected chi connectivity index (χ1v) is 8.32. The van der Waals surface area contributed by atoms with Gasteiger partial charge in [-0.1, -0.05) is 6.07 Å². The lowest BCUT2D eigenvalue weighted by Crippen LogP contribution is -2.04. The number of hydrogen-bond donors (Lipinski definition) is 1. The highest BCUT2D eigenvalue weighted by molar-refractivity contribution is 5.57. The number of nitrogens with one attached hydrogen (secondary N) is 1. The van der Waals surface area contributed by atoms with Gasteiger partial charge in [0.1, 0.15) is 17.5 Å². The van der Waals surface area contributed by atoms with Crippen LogP contribution in [0.3, 0.4) is 0 Å². The molecule has 0 bridgehead atoms. The van der Waals surface area contributed by atoms with Gasteiger partial charge < -0.3 is 14.8 Å². The maximum absolute atomic E-state index is 5.36. The van der Waals surface area contributed by atoms with Gasteiger partial charge in [-0.3, -0.25) is 4.68 Å². The Morgan fingerprint density at radius 1 is 1.08 bits per heavy atom. The molecule has 2 aromatic heterocycles. The lowest BCUT2D eigenvalue weighted by Gasteiger charge is -2.10. The molecular formula is C19H23N5O2. The molecule has 0 saturated heterocycles. The number of hydrogen-bond acceptors (Lipinski definition) is 6. The van der Waals surface area contributed by atoms with Gasteiger partial charge >= 0.3 is 0 Å². The van der Waals surface area contributed by atoms with Crippen molar-refractivity contribution in [3.8, 4) is 11.5 Å². The summed E-state index contributed by atoms with van der Waals surface area (Å²) in [6.07, 6.45) is 2.35. The van der Waals surface area contributed by atoms with Gasteiger partial charge in [-0.15, -0.1) is 0 Å². The highest BCUT2D eigenvalue weighted by Crippen LogP contribution is 2.28. The molecule has 0 spiro atoms. The number of benzene rings is 1. The molecule has 2 heterocycles. The van der Waals surface area contributed by atoms with Crippen LogP contribution in [0.4, 0.5) is 11.6 Å². The average Bonchev–Trinajstić information content (AvgIpc) is 2.88. The minimum Gasteiger partial charge on any atom is -0.493 e. The predicted octanol–water partition coefficient (Wildman–Crippen LogP) is 3.18. The minimum atomic E-state index is 0.596. The van der Waals surface area contributed by atoms with Gasteiger partial charge in [0, 0.05) is 25.2 Å². The van der Waals surface area contributed by atoms with Crippen LogP contribution >= 0.6 is 0 Å². The maximum atomic E-state index is 5.36. The smallest absolute Gasteiger partial charge is 0.161 e. The standard InChI is InChI=1S/C19H23N5O2/c1-12-13(2)23-24(3)19(12)22-17-8-9-20-18(21-17)11-14-6-7-15(25-4)16(10-14)26-5/h6-10H,11H2,1-5H3,(H,20,21,22). The Morgan fingerprint density at radius 3 is 2.50 bits per heavy atom. The van der Waals surface area contributed by atoms with Crippen molar-refractivity contribution in [3.63, 3.8) is 0 Å². The number of aryl methyl sites for hydroxylation is 2. The summed E-state index contributed by atoms with van der Waals surface area (Å²) in [6, 6.07) is 7.66. The molecule has 0 aliphatic rings. The third-order valence-electron chi connectivity index (χ3n) is 4.28. The van der Waals surface area contributed by atoms with Crippen LogP contribution in [0.5, 0.6) is 11.5 Å². The van der Waals surface area contributed by atoms with Gasteiger partial charge in [0.15, 0.2) is 11.5 Å². The summed E-state index contributed by atoms with van der Waals surface area (Å²) in [7, 11) is 5.16. The van der Waals surface area contributed by atoms with Crippen molar-refractivity contribution in [3.05, 3.63) is 53.1 Å². The maximum Gasteiger partial charge on any atom is 0.161 e. The van der Waals surface area contributed by atoms with E-state index in [1.54, 1.807) is 20.4 Å². The molecule has 7 heteroatoms. The molecule has 0 amide bonds. The Bertz CT molecular complexity index is 920. The van der Waals surface area contributed by atoms with Crippen molar-refractivity contribution in [2.24, 2.45) is 7.05 Å². The Kier molecular flexibility index (Phi) is 5.06. The van der Waals surface area contributed by atoms with E-state index in [9.17, 15) is 0 Å². The summed E-state index contributed by atoms with van der Waals surface area (Å²) in [5.74, 6) is 3.79. The van der Waals surface area contributed by atoms with E-state index in [2.05, 4.69) is 20.4 Å². The molecule has 0 saturated carbocycles. The summed E-state index contributed by atoms with van der Waals surface area (Å²) in [4.78, 5) is 9.00. The molecule has 0 atom stereocenters. The van der Waals surface area contributed by atoms with E-state index in [4.69, 9.17) is 9.47 Å². The zero-order valence-electron chi connectivity index (χ0n) is 15.7. The molecule has 1 aromatic carbocycles. The third kappa shape index (κ3) is 3.61. The summed E-state index contributed by atoms with van der Waals surface area (Å²) in [5.41, 5.74) is 3.15. The normalized spacial score (nSPS) is 10.7. The summed E-state index contributed by atoms with van der Waals surface area (Å²) < 4.78 is 12.5. The van der Waals surface area contributed by atoms with Crippen molar-refractivity contribution in [2.75, 3.05) is 19.5 Å². The molecule has 0 radical (unpaired) electrons. The van der Waals surface area contributed by atoms with E-state index in [1.807, 2.05) is 49.8 Å².